The second-order valence-electron chi connectivity index (χ2n) is 4.64. The number of hydrogen-bond donors (Lipinski definition) is 1. The van der Waals surface area contributed by atoms with Gasteiger partial charge in [0.05, 0.1) is 5.75 Å². The first kappa shape index (κ1) is 13.0. The topological polar surface area (TPSA) is 46.2 Å². The fraction of sp³-hybridized carbons (Fsp3) is 1.00. The minimum Gasteiger partial charge on any atom is -0.313 e. The molecule has 0 radical (unpaired) electrons. The maximum absolute atomic E-state index is 11.0. The molecule has 1 saturated carbocycles. The first-order chi connectivity index (χ1) is 7.03. The maximum Gasteiger partial charge on any atom is 0.148 e. The van der Waals surface area contributed by atoms with Gasteiger partial charge < -0.3 is 5.32 Å². The van der Waals surface area contributed by atoms with Gasteiger partial charge in [0, 0.05) is 18.8 Å². The fourth-order valence-electron chi connectivity index (χ4n) is 2.39. The molecule has 0 bridgehead atoms. The van der Waals surface area contributed by atoms with E-state index in [1.165, 1.54) is 38.4 Å². The Kier molecular flexibility index (Phi) is 5.06. The van der Waals surface area contributed by atoms with Crippen LogP contribution in [0.1, 0.15) is 39.0 Å². The van der Waals surface area contributed by atoms with Gasteiger partial charge in [-0.15, -0.1) is 0 Å². The average Bonchev–Trinajstić information content (AvgIpc) is 2.16. The number of nitrogens with one attached hydrogen (secondary N) is 1. The molecule has 0 aromatic rings. The lowest BCUT2D eigenvalue weighted by Gasteiger charge is -2.31. The van der Waals surface area contributed by atoms with Crippen LogP contribution in [0.15, 0.2) is 0 Å². The van der Waals surface area contributed by atoms with Crippen molar-refractivity contribution < 1.29 is 8.42 Å². The van der Waals surface area contributed by atoms with E-state index in [1.807, 2.05) is 0 Å². The van der Waals surface area contributed by atoms with Crippen LogP contribution in [0.3, 0.4) is 0 Å². The SMILES string of the molecule is CCC1CCCCC1NCCS(C)(=O)=O. The van der Waals surface area contributed by atoms with E-state index in [-0.39, 0.29) is 5.75 Å². The van der Waals surface area contributed by atoms with Crippen LogP contribution in [0.2, 0.25) is 0 Å². The summed E-state index contributed by atoms with van der Waals surface area (Å²) in [5, 5.41) is 3.40. The molecule has 3 nitrogen and oxygen atoms in total. The van der Waals surface area contributed by atoms with Gasteiger partial charge in [-0.2, -0.15) is 0 Å². The lowest BCUT2D eigenvalue weighted by Crippen LogP contribution is -2.40. The molecule has 0 spiro atoms. The van der Waals surface area contributed by atoms with E-state index in [9.17, 15) is 8.42 Å². The summed E-state index contributed by atoms with van der Waals surface area (Å²) in [6, 6.07) is 0.547. The largest absolute Gasteiger partial charge is 0.313 e. The number of rotatable bonds is 5. The Morgan fingerprint density at radius 2 is 1.93 bits per heavy atom. The molecule has 1 aliphatic rings. The van der Waals surface area contributed by atoms with Crippen LogP contribution in [0.4, 0.5) is 0 Å². The van der Waals surface area contributed by atoms with Crippen LogP contribution >= 0.6 is 0 Å². The predicted octanol–water partition coefficient (Wildman–Crippen LogP) is 1.59. The molecular formula is C11H23NO2S. The standard InChI is InChI=1S/C11H23NO2S/c1-3-10-6-4-5-7-11(10)12-8-9-15(2,13)14/h10-12H,3-9H2,1-2H3. The molecule has 4 heteroatoms. The van der Waals surface area contributed by atoms with Gasteiger partial charge in [0.1, 0.15) is 9.84 Å². The van der Waals surface area contributed by atoms with Crippen molar-refractivity contribution in [1.29, 1.82) is 0 Å². The summed E-state index contributed by atoms with van der Waals surface area (Å²) in [4.78, 5) is 0. The lowest BCUT2D eigenvalue weighted by molar-refractivity contribution is 0.259. The van der Waals surface area contributed by atoms with Crippen LogP contribution in [-0.2, 0) is 9.84 Å². The highest BCUT2D eigenvalue weighted by molar-refractivity contribution is 7.90. The molecule has 0 aliphatic heterocycles. The summed E-state index contributed by atoms with van der Waals surface area (Å²) >= 11 is 0. The lowest BCUT2D eigenvalue weighted by atomic mass is 9.83. The second-order valence-corrected chi connectivity index (χ2v) is 6.90. The molecule has 2 unspecified atom stereocenters. The molecule has 1 rings (SSSR count). The van der Waals surface area contributed by atoms with Crippen molar-refractivity contribution in [1.82, 2.24) is 5.32 Å². The zero-order valence-corrected chi connectivity index (χ0v) is 10.6. The number of sulfone groups is 1. The summed E-state index contributed by atoms with van der Waals surface area (Å²) in [6.07, 6.45) is 7.63. The van der Waals surface area contributed by atoms with Crippen molar-refractivity contribution in [2.24, 2.45) is 5.92 Å². The van der Waals surface area contributed by atoms with Crippen LogP contribution < -0.4 is 5.32 Å². The van der Waals surface area contributed by atoms with E-state index in [2.05, 4.69) is 12.2 Å². The Morgan fingerprint density at radius 1 is 1.27 bits per heavy atom. The first-order valence-electron chi connectivity index (χ1n) is 5.94. The Balaban J connectivity index is 2.29. The molecule has 1 fully saturated rings. The van der Waals surface area contributed by atoms with Crippen LogP contribution in [-0.4, -0.2) is 33.0 Å². The molecule has 1 aliphatic carbocycles. The van der Waals surface area contributed by atoms with Crippen molar-refractivity contribution in [2.45, 2.75) is 45.1 Å². The summed E-state index contributed by atoms with van der Waals surface area (Å²) < 4.78 is 22.0. The normalized spacial score (nSPS) is 27.9. The number of hydrogen-bond acceptors (Lipinski definition) is 3. The molecule has 0 aromatic carbocycles. The molecule has 0 aromatic heterocycles. The van der Waals surface area contributed by atoms with Crippen LogP contribution in [0, 0.1) is 5.92 Å². The van der Waals surface area contributed by atoms with E-state index < -0.39 is 9.84 Å². The fourth-order valence-corrected chi connectivity index (χ4v) is 2.88. The monoisotopic (exact) mass is 233 g/mol. The van der Waals surface area contributed by atoms with Crippen molar-refractivity contribution >= 4 is 9.84 Å². The van der Waals surface area contributed by atoms with E-state index in [0.717, 1.165) is 5.92 Å². The van der Waals surface area contributed by atoms with Gasteiger partial charge >= 0.3 is 0 Å². The molecule has 0 heterocycles. The van der Waals surface area contributed by atoms with Crippen LogP contribution in [0.25, 0.3) is 0 Å². The van der Waals surface area contributed by atoms with Gasteiger partial charge in [0.15, 0.2) is 0 Å². The van der Waals surface area contributed by atoms with Crippen molar-refractivity contribution in [3.05, 3.63) is 0 Å². The zero-order chi connectivity index (χ0) is 11.3. The quantitative estimate of drug-likeness (QED) is 0.784. The summed E-state index contributed by atoms with van der Waals surface area (Å²) in [6.45, 7) is 2.83. The third kappa shape index (κ3) is 4.98. The molecule has 1 N–H and O–H groups in total. The highest BCUT2D eigenvalue weighted by Crippen LogP contribution is 2.26. The molecule has 2 atom stereocenters. The van der Waals surface area contributed by atoms with Gasteiger partial charge in [-0.1, -0.05) is 26.2 Å². The van der Waals surface area contributed by atoms with E-state index in [4.69, 9.17) is 0 Å². The minimum atomic E-state index is -2.81. The van der Waals surface area contributed by atoms with Crippen molar-refractivity contribution in [2.75, 3.05) is 18.6 Å². The van der Waals surface area contributed by atoms with Gasteiger partial charge in [-0.25, -0.2) is 8.42 Å². The average molecular weight is 233 g/mol. The maximum atomic E-state index is 11.0. The van der Waals surface area contributed by atoms with E-state index in [0.29, 0.717) is 12.6 Å². The summed E-state index contributed by atoms with van der Waals surface area (Å²) in [5.74, 6) is 1.01. The minimum absolute atomic E-state index is 0.264. The van der Waals surface area contributed by atoms with Crippen LogP contribution in [0.5, 0.6) is 0 Å². The Hall–Kier alpha value is -0.0900. The highest BCUT2D eigenvalue weighted by atomic mass is 32.2. The predicted molar refractivity (Wildman–Crippen MR) is 63.8 cm³/mol. The Labute approximate surface area is 93.6 Å². The highest BCUT2D eigenvalue weighted by Gasteiger charge is 2.22. The van der Waals surface area contributed by atoms with E-state index >= 15 is 0 Å². The first-order valence-corrected chi connectivity index (χ1v) is 8.00. The molecule has 0 saturated heterocycles. The molecule has 0 amide bonds. The molecular weight excluding hydrogens is 210 g/mol. The third-order valence-corrected chi connectivity index (χ3v) is 4.26. The van der Waals surface area contributed by atoms with Gasteiger partial charge in [0.25, 0.3) is 0 Å². The zero-order valence-electron chi connectivity index (χ0n) is 9.83. The van der Waals surface area contributed by atoms with Crippen molar-refractivity contribution in [3.63, 3.8) is 0 Å². The molecule has 90 valence electrons. The van der Waals surface area contributed by atoms with E-state index in [1.54, 1.807) is 0 Å². The summed E-state index contributed by atoms with van der Waals surface area (Å²) in [7, 11) is -2.81. The Morgan fingerprint density at radius 3 is 2.53 bits per heavy atom. The van der Waals surface area contributed by atoms with Gasteiger partial charge in [-0.3, -0.25) is 0 Å². The molecule has 15 heavy (non-hydrogen) atoms. The summed E-state index contributed by atoms with van der Waals surface area (Å²) in [5.41, 5.74) is 0. The third-order valence-electron chi connectivity index (χ3n) is 3.31. The van der Waals surface area contributed by atoms with Crippen molar-refractivity contribution in [3.8, 4) is 0 Å². The van der Waals surface area contributed by atoms with Gasteiger partial charge in [-0.05, 0) is 18.8 Å². The smallest absolute Gasteiger partial charge is 0.148 e. The van der Waals surface area contributed by atoms with Gasteiger partial charge in [0.2, 0.25) is 0 Å². The Bertz CT molecular complexity index is 274. The second kappa shape index (κ2) is 5.85.